The van der Waals surface area contributed by atoms with Crippen molar-refractivity contribution in [1.82, 2.24) is 4.90 Å². The fourth-order valence-electron chi connectivity index (χ4n) is 5.65. The van der Waals surface area contributed by atoms with Crippen molar-refractivity contribution in [3.05, 3.63) is 83.8 Å². The van der Waals surface area contributed by atoms with Gasteiger partial charge in [-0.2, -0.15) is 0 Å². The lowest BCUT2D eigenvalue weighted by atomic mass is 9.81. The molecule has 152 valence electrons. The molecule has 2 fully saturated rings. The second-order valence-electron chi connectivity index (χ2n) is 8.66. The first-order valence-electron chi connectivity index (χ1n) is 10.6. The Morgan fingerprint density at radius 2 is 1.50 bits per heavy atom. The summed E-state index contributed by atoms with van der Waals surface area (Å²) in [6.07, 6.45) is 4.44. The predicted molar refractivity (Wildman–Crippen MR) is 110 cm³/mol. The summed E-state index contributed by atoms with van der Waals surface area (Å²) in [5, 5.41) is 11.3. The molecule has 30 heavy (non-hydrogen) atoms. The number of amides is 1. The summed E-state index contributed by atoms with van der Waals surface area (Å²) in [6, 6.07) is 19.3. The van der Waals surface area contributed by atoms with E-state index in [0.717, 1.165) is 35.5 Å². The Kier molecular flexibility index (Phi) is 3.84. The molecule has 3 aromatic rings. The SMILES string of the molecule is O=C(C1c2ccccc2Oc2ccccc21)N1[C@@H]2CC[C@H]1CC(O)(c1ccco1)C2. The molecule has 5 heteroatoms. The number of hydrogen-bond donors (Lipinski definition) is 1. The second kappa shape index (κ2) is 6.47. The Hall–Kier alpha value is -3.05. The van der Waals surface area contributed by atoms with Gasteiger partial charge in [0, 0.05) is 36.1 Å². The number of aliphatic hydroxyl groups is 1. The molecule has 1 unspecified atom stereocenters. The lowest BCUT2D eigenvalue weighted by molar-refractivity contribution is -0.144. The summed E-state index contributed by atoms with van der Waals surface area (Å²) in [6.45, 7) is 0. The van der Waals surface area contributed by atoms with Crippen LogP contribution in [0.1, 0.15) is 48.5 Å². The predicted octanol–water partition coefficient (Wildman–Crippen LogP) is 4.56. The molecule has 6 rings (SSSR count). The van der Waals surface area contributed by atoms with Crippen molar-refractivity contribution in [2.45, 2.75) is 49.3 Å². The smallest absolute Gasteiger partial charge is 0.235 e. The van der Waals surface area contributed by atoms with Gasteiger partial charge in [-0.1, -0.05) is 36.4 Å². The van der Waals surface area contributed by atoms with Crippen molar-refractivity contribution in [3.8, 4) is 11.5 Å². The molecule has 2 aromatic carbocycles. The first-order valence-corrected chi connectivity index (χ1v) is 10.6. The Morgan fingerprint density at radius 3 is 2.07 bits per heavy atom. The van der Waals surface area contributed by atoms with E-state index in [2.05, 4.69) is 0 Å². The summed E-state index contributed by atoms with van der Waals surface area (Å²) in [5.41, 5.74) is 0.817. The number of fused-ring (bicyclic) bond motifs is 4. The Labute approximate surface area is 174 Å². The first-order chi connectivity index (χ1) is 14.6. The number of piperidine rings is 1. The van der Waals surface area contributed by atoms with Crippen LogP contribution in [0.3, 0.4) is 0 Å². The molecule has 0 aliphatic carbocycles. The highest BCUT2D eigenvalue weighted by molar-refractivity contribution is 5.90. The highest BCUT2D eigenvalue weighted by atomic mass is 16.5. The standard InChI is InChI=1S/C25H23NO4/c27-24(23-18-6-1-3-8-20(18)30-21-9-4-2-7-19(21)23)26-16-11-12-17(26)15-25(28,14-16)22-10-5-13-29-22/h1-10,13,16-17,23,28H,11-12,14-15H2/t16-,17+,25?. The lowest BCUT2D eigenvalue weighted by Crippen LogP contribution is -2.53. The topological polar surface area (TPSA) is 62.9 Å². The van der Waals surface area contributed by atoms with E-state index in [4.69, 9.17) is 9.15 Å². The van der Waals surface area contributed by atoms with Gasteiger partial charge < -0.3 is 19.2 Å². The minimum absolute atomic E-state index is 0.00789. The van der Waals surface area contributed by atoms with E-state index >= 15 is 0 Å². The van der Waals surface area contributed by atoms with Crippen molar-refractivity contribution < 1.29 is 19.1 Å². The van der Waals surface area contributed by atoms with Crippen molar-refractivity contribution >= 4 is 5.91 Å². The van der Waals surface area contributed by atoms with Gasteiger partial charge >= 0.3 is 0 Å². The van der Waals surface area contributed by atoms with Gasteiger partial charge in [0.1, 0.15) is 22.9 Å². The quantitative estimate of drug-likeness (QED) is 0.684. The molecule has 3 atom stereocenters. The average Bonchev–Trinajstić information content (AvgIpc) is 3.40. The largest absolute Gasteiger partial charge is 0.466 e. The van der Waals surface area contributed by atoms with E-state index in [-0.39, 0.29) is 23.9 Å². The molecule has 3 aliphatic rings. The Bertz CT molecular complexity index is 1050. The molecule has 3 aliphatic heterocycles. The van der Waals surface area contributed by atoms with Crippen LogP contribution in [0.15, 0.2) is 71.3 Å². The van der Waals surface area contributed by atoms with Crippen LogP contribution in [0.5, 0.6) is 11.5 Å². The van der Waals surface area contributed by atoms with Crippen molar-refractivity contribution in [2.75, 3.05) is 0 Å². The maximum Gasteiger partial charge on any atom is 0.235 e. The summed E-state index contributed by atoms with van der Waals surface area (Å²) >= 11 is 0. The molecule has 0 spiro atoms. The number of rotatable bonds is 2. The van der Waals surface area contributed by atoms with Crippen molar-refractivity contribution in [1.29, 1.82) is 0 Å². The van der Waals surface area contributed by atoms with E-state index < -0.39 is 5.60 Å². The van der Waals surface area contributed by atoms with Gasteiger partial charge in [0.15, 0.2) is 0 Å². The number of carbonyl (C=O) groups excluding carboxylic acids is 1. The number of ether oxygens (including phenoxy) is 1. The van der Waals surface area contributed by atoms with E-state index in [1.807, 2.05) is 65.6 Å². The van der Waals surface area contributed by atoms with Crippen LogP contribution in [-0.4, -0.2) is 28.0 Å². The maximum atomic E-state index is 14.0. The van der Waals surface area contributed by atoms with E-state index in [1.54, 1.807) is 6.26 Å². The number of furan rings is 1. The maximum absolute atomic E-state index is 14.0. The van der Waals surface area contributed by atoms with Gasteiger partial charge in [0.05, 0.1) is 12.2 Å². The molecule has 2 saturated heterocycles. The Balaban J connectivity index is 1.38. The molecule has 1 aromatic heterocycles. The van der Waals surface area contributed by atoms with Gasteiger partial charge in [-0.05, 0) is 37.1 Å². The van der Waals surface area contributed by atoms with E-state index in [0.29, 0.717) is 18.6 Å². The summed E-state index contributed by atoms with van der Waals surface area (Å²) in [4.78, 5) is 16.0. The van der Waals surface area contributed by atoms with E-state index in [1.165, 1.54) is 0 Å². The zero-order valence-corrected chi connectivity index (χ0v) is 16.5. The molecule has 0 saturated carbocycles. The van der Waals surface area contributed by atoms with Gasteiger partial charge in [-0.3, -0.25) is 4.79 Å². The molecule has 2 bridgehead atoms. The van der Waals surface area contributed by atoms with Crippen molar-refractivity contribution in [3.63, 3.8) is 0 Å². The molecular weight excluding hydrogens is 378 g/mol. The van der Waals surface area contributed by atoms with Crippen LogP contribution in [0.25, 0.3) is 0 Å². The normalized spacial score (nSPS) is 27.3. The van der Waals surface area contributed by atoms with Crippen molar-refractivity contribution in [2.24, 2.45) is 0 Å². The summed E-state index contributed by atoms with van der Waals surface area (Å²) < 4.78 is 11.6. The van der Waals surface area contributed by atoms with Crippen LogP contribution >= 0.6 is 0 Å². The third-order valence-corrected chi connectivity index (χ3v) is 6.93. The zero-order valence-electron chi connectivity index (χ0n) is 16.5. The fourth-order valence-corrected chi connectivity index (χ4v) is 5.65. The average molecular weight is 401 g/mol. The monoisotopic (exact) mass is 401 g/mol. The summed E-state index contributed by atoms with van der Waals surface area (Å²) in [7, 11) is 0. The second-order valence-corrected chi connectivity index (χ2v) is 8.66. The minimum atomic E-state index is -1.00. The number of nitrogens with zero attached hydrogens (tertiary/aromatic N) is 1. The highest BCUT2D eigenvalue weighted by Crippen LogP contribution is 2.50. The fraction of sp³-hybridized carbons (Fsp3) is 0.320. The van der Waals surface area contributed by atoms with Crippen LogP contribution in [-0.2, 0) is 10.4 Å². The van der Waals surface area contributed by atoms with Gasteiger partial charge in [0.2, 0.25) is 5.91 Å². The highest BCUT2D eigenvalue weighted by Gasteiger charge is 2.52. The number of hydrogen-bond acceptors (Lipinski definition) is 4. The van der Waals surface area contributed by atoms with Crippen LogP contribution in [0, 0.1) is 0 Å². The van der Waals surface area contributed by atoms with E-state index in [9.17, 15) is 9.90 Å². The Morgan fingerprint density at radius 1 is 0.900 bits per heavy atom. The number of benzene rings is 2. The number of carbonyl (C=O) groups is 1. The molecule has 4 heterocycles. The molecule has 5 nitrogen and oxygen atoms in total. The first kappa shape index (κ1) is 17.8. The zero-order chi connectivity index (χ0) is 20.3. The molecule has 1 N–H and O–H groups in total. The molecule has 0 radical (unpaired) electrons. The number of para-hydroxylation sites is 2. The summed E-state index contributed by atoms with van der Waals surface area (Å²) in [5.74, 6) is 1.81. The molecule has 1 amide bonds. The lowest BCUT2D eigenvalue weighted by Gasteiger charge is -2.44. The van der Waals surface area contributed by atoms with Crippen LogP contribution < -0.4 is 4.74 Å². The van der Waals surface area contributed by atoms with Gasteiger partial charge in [-0.25, -0.2) is 0 Å². The molecular formula is C25H23NO4. The van der Waals surface area contributed by atoms with Crippen LogP contribution in [0.2, 0.25) is 0 Å². The minimum Gasteiger partial charge on any atom is -0.466 e. The third kappa shape index (κ3) is 2.55. The van der Waals surface area contributed by atoms with Crippen LogP contribution in [0.4, 0.5) is 0 Å². The van der Waals surface area contributed by atoms with Gasteiger partial charge in [-0.15, -0.1) is 0 Å². The van der Waals surface area contributed by atoms with Gasteiger partial charge in [0.25, 0.3) is 0 Å². The third-order valence-electron chi connectivity index (χ3n) is 6.93.